The van der Waals surface area contributed by atoms with Crippen LogP contribution in [-0.2, 0) is 17.8 Å². The zero-order valence-electron chi connectivity index (χ0n) is 21.3. The van der Waals surface area contributed by atoms with Crippen LogP contribution in [0, 0.1) is 0 Å². The van der Waals surface area contributed by atoms with E-state index >= 15 is 0 Å². The molecule has 2 unspecified atom stereocenters. The smallest absolute Gasteiger partial charge is 0.223 e. The van der Waals surface area contributed by atoms with Gasteiger partial charge in [-0.25, -0.2) is 4.98 Å². The van der Waals surface area contributed by atoms with E-state index in [0.29, 0.717) is 32.0 Å². The minimum Gasteiger partial charge on any atom is -0.492 e. The van der Waals surface area contributed by atoms with Gasteiger partial charge in [-0.15, -0.1) is 0 Å². The van der Waals surface area contributed by atoms with E-state index in [0.717, 1.165) is 42.0 Å². The van der Waals surface area contributed by atoms with Gasteiger partial charge in [-0.2, -0.15) is 0 Å². The van der Waals surface area contributed by atoms with Crippen LogP contribution in [0.15, 0.2) is 78.9 Å². The van der Waals surface area contributed by atoms with Crippen molar-refractivity contribution < 1.29 is 9.53 Å². The number of fused-ring (bicyclic) bond motifs is 1. The molecule has 1 fully saturated rings. The number of carbonyl (C=O) groups is 1. The molecule has 186 valence electrons. The molecule has 5 rings (SSSR count). The van der Waals surface area contributed by atoms with E-state index in [1.165, 1.54) is 11.1 Å². The van der Waals surface area contributed by atoms with Crippen molar-refractivity contribution in [2.24, 2.45) is 0 Å². The van der Waals surface area contributed by atoms with Gasteiger partial charge >= 0.3 is 0 Å². The van der Waals surface area contributed by atoms with Crippen LogP contribution in [0.1, 0.15) is 55.5 Å². The fraction of sp³-hybridized carbons (Fsp3) is 0.355. The highest BCUT2D eigenvalue weighted by atomic mass is 16.5. The molecule has 1 aromatic heterocycles. The summed E-state index contributed by atoms with van der Waals surface area (Å²) in [6, 6.07) is 27.0. The summed E-state index contributed by atoms with van der Waals surface area (Å²) in [6.45, 7) is 7.16. The number of ether oxygens (including phenoxy) is 1. The summed E-state index contributed by atoms with van der Waals surface area (Å²) >= 11 is 0. The number of nitrogens with zero attached hydrogens (tertiary/aromatic N) is 3. The van der Waals surface area contributed by atoms with Crippen LogP contribution in [-0.4, -0.2) is 40.1 Å². The molecule has 5 nitrogen and oxygen atoms in total. The summed E-state index contributed by atoms with van der Waals surface area (Å²) in [4.78, 5) is 19.8. The number of amides is 1. The van der Waals surface area contributed by atoms with E-state index < -0.39 is 0 Å². The van der Waals surface area contributed by atoms with Crippen molar-refractivity contribution in [2.45, 2.75) is 51.5 Å². The second kappa shape index (κ2) is 11.0. The molecule has 0 saturated carbocycles. The molecule has 0 N–H and O–H groups in total. The van der Waals surface area contributed by atoms with Gasteiger partial charge in [0, 0.05) is 25.4 Å². The molecule has 0 aliphatic carbocycles. The third-order valence-corrected chi connectivity index (χ3v) is 7.42. The summed E-state index contributed by atoms with van der Waals surface area (Å²) < 4.78 is 8.37. The second-order valence-corrected chi connectivity index (χ2v) is 9.81. The summed E-state index contributed by atoms with van der Waals surface area (Å²) in [5.74, 6) is 2.74. The van der Waals surface area contributed by atoms with E-state index in [9.17, 15) is 4.79 Å². The lowest BCUT2D eigenvalue weighted by Gasteiger charge is -2.17. The van der Waals surface area contributed by atoms with Crippen molar-refractivity contribution in [3.05, 3.63) is 95.8 Å². The summed E-state index contributed by atoms with van der Waals surface area (Å²) in [6.07, 6.45) is 2.51. The number of carbonyl (C=O) groups excluding carboxylic acids is 1. The number of rotatable bonds is 10. The molecule has 4 aromatic rings. The first-order chi connectivity index (χ1) is 17.6. The number of likely N-dealkylation sites (tertiary alicyclic amines) is 1. The van der Waals surface area contributed by atoms with Crippen molar-refractivity contribution in [1.29, 1.82) is 0 Å². The standard InChI is InChI=1S/C31H35N3O2/c1-3-23(2)25-13-15-27(16-14-25)36-20-19-34-29-12-8-7-11-28(29)32-31(34)26-21-30(35)33(22-26)18-17-24-9-5-4-6-10-24/h4-16,23,26H,3,17-22H2,1-2H3. The highest BCUT2D eigenvalue weighted by Crippen LogP contribution is 2.31. The molecule has 1 amide bonds. The number of benzene rings is 3. The molecular weight excluding hydrogens is 446 g/mol. The normalized spacial score (nSPS) is 16.6. The van der Waals surface area contributed by atoms with E-state index in [1.54, 1.807) is 0 Å². The average molecular weight is 482 g/mol. The average Bonchev–Trinajstić information content (AvgIpc) is 3.48. The molecule has 0 spiro atoms. The largest absolute Gasteiger partial charge is 0.492 e. The first-order valence-corrected chi connectivity index (χ1v) is 13.1. The van der Waals surface area contributed by atoms with Crippen LogP contribution in [0.2, 0.25) is 0 Å². The quantitative estimate of drug-likeness (QED) is 0.271. The third kappa shape index (κ3) is 5.30. The Balaban J connectivity index is 1.27. The Morgan fingerprint density at radius 2 is 1.72 bits per heavy atom. The lowest BCUT2D eigenvalue weighted by molar-refractivity contribution is -0.127. The van der Waals surface area contributed by atoms with Crippen LogP contribution in [0.5, 0.6) is 5.75 Å². The van der Waals surface area contributed by atoms with E-state index in [4.69, 9.17) is 9.72 Å². The van der Waals surface area contributed by atoms with Gasteiger partial charge in [0.05, 0.1) is 17.6 Å². The van der Waals surface area contributed by atoms with Crippen LogP contribution in [0.4, 0.5) is 0 Å². The predicted octanol–water partition coefficient (Wildman–Crippen LogP) is 6.19. The SMILES string of the molecule is CCC(C)c1ccc(OCCn2c(C3CC(=O)N(CCc4ccccc4)C3)nc3ccccc32)cc1. The fourth-order valence-electron chi connectivity index (χ4n) is 5.09. The molecule has 1 aliphatic heterocycles. The Bertz CT molecular complexity index is 1300. The third-order valence-electron chi connectivity index (χ3n) is 7.42. The molecule has 2 atom stereocenters. The summed E-state index contributed by atoms with van der Waals surface area (Å²) in [5, 5.41) is 0. The first-order valence-electron chi connectivity index (χ1n) is 13.1. The predicted molar refractivity (Wildman–Crippen MR) is 144 cm³/mol. The number of para-hydroxylation sites is 2. The molecule has 5 heteroatoms. The summed E-state index contributed by atoms with van der Waals surface area (Å²) in [7, 11) is 0. The van der Waals surface area contributed by atoms with Crippen LogP contribution < -0.4 is 4.74 Å². The van der Waals surface area contributed by atoms with Crippen molar-refractivity contribution in [2.75, 3.05) is 19.7 Å². The van der Waals surface area contributed by atoms with E-state index in [-0.39, 0.29) is 11.8 Å². The van der Waals surface area contributed by atoms with Gasteiger partial charge in [0.15, 0.2) is 0 Å². The van der Waals surface area contributed by atoms with Crippen molar-refractivity contribution in [1.82, 2.24) is 14.5 Å². The number of aromatic nitrogens is 2. The second-order valence-electron chi connectivity index (χ2n) is 9.81. The highest BCUT2D eigenvalue weighted by Gasteiger charge is 2.33. The van der Waals surface area contributed by atoms with Crippen molar-refractivity contribution >= 4 is 16.9 Å². The Morgan fingerprint density at radius 1 is 0.972 bits per heavy atom. The van der Waals surface area contributed by atoms with Gasteiger partial charge in [0.2, 0.25) is 5.91 Å². The minimum atomic E-state index is 0.0930. The van der Waals surface area contributed by atoms with Crippen molar-refractivity contribution in [3.63, 3.8) is 0 Å². The van der Waals surface area contributed by atoms with Gasteiger partial charge < -0.3 is 14.2 Å². The van der Waals surface area contributed by atoms with Gasteiger partial charge in [-0.05, 0) is 54.2 Å². The van der Waals surface area contributed by atoms with Gasteiger partial charge in [0.25, 0.3) is 0 Å². The maximum atomic E-state index is 12.9. The van der Waals surface area contributed by atoms with Crippen molar-refractivity contribution in [3.8, 4) is 5.75 Å². The topological polar surface area (TPSA) is 47.4 Å². The van der Waals surface area contributed by atoms with Gasteiger partial charge in [-0.1, -0.05) is 68.4 Å². The van der Waals surface area contributed by atoms with Crippen LogP contribution >= 0.6 is 0 Å². The molecule has 1 saturated heterocycles. The minimum absolute atomic E-state index is 0.0930. The zero-order valence-corrected chi connectivity index (χ0v) is 21.3. The Hall–Kier alpha value is -3.60. The Labute approximate surface area is 213 Å². The molecule has 1 aliphatic rings. The Kier molecular flexibility index (Phi) is 7.36. The van der Waals surface area contributed by atoms with E-state index in [1.807, 2.05) is 29.2 Å². The monoisotopic (exact) mass is 481 g/mol. The molecule has 3 aromatic carbocycles. The molecule has 0 radical (unpaired) electrons. The fourth-order valence-corrected chi connectivity index (χ4v) is 5.09. The number of hydrogen-bond acceptors (Lipinski definition) is 3. The van der Waals surface area contributed by atoms with Crippen LogP contribution in [0.3, 0.4) is 0 Å². The number of imidazole rings is 1. The van der Waals surface area contributed by atoms with Crippen LogP contribution in [0.25, 0.3) is 11.0 Å². The van der Waals surface area contributed by atoms with Gasteiger partial charge in [0.1, 0.15) is 18.2 Å². The lowest BCUT2D eigenvalue weighted by Crippen LogP contribution is -2.27. The van der Waals surface area contributed by atoms with E-state index in [2.05, 4.69) is 73.0 Å². The highest BCUT2D eigenvalue weighted by molar-refractivity contribution is 5.81. The first kappa shape index (κ1) is 24.1. The zero-order chi connectivity index (χ0) is 24.9. The molecular formula is C31H35N3O2. The Morgan fingerprint density at radius 3 is 2.50 bits per heavy atom. The maximum absolute atomic E-state index is 12.9. The molecule has 2 heterocycles. The van der Waals surface area contributed by atoms with Gasteiger partial charge in [-0.3, -0.25) is 4.79 Å². The lowest BCUT2D eigenvalue weighted by atomic mass is 9.99. The molecule has 36 heavy (non-hydrogen) atoms. The maximum Gasteiger partial charge on any atom is 0.223 e. The molecule has 0 bridgehead atoms. The number of hydrogen-bond donors (Lipinski definition) is 0. The summed E-state index contributed by atoms with van der Waals surface area (Å²) in [5.41, 5.74) is 4.67.